The molecule has 2 aromatic rings. The summed E-state index contributed by atoms with van der Waals surface area (Å²) in [6.45, 7) is 3.58. The molecule has 3 rings (SSSR count). The molecule has 1 fully saturated rings. The third-order valence-corrected chi connectivity index (χ3v) is 5.19. The molecule has 1 heterocycles. The van der Waals surface area contributed by atoms with Gasteiger partial charge in [0.05, 0.1) is 18.8 Å². The number of rotatable bonds is 8. The molecular formula is C23H28F2O3. The van der Waals surface area contributed by atoms with Crippen molar-refractivity contribution in [3.63, 3.8) is 0 Å². The molecule has 1 saturated heterocycles. The highest BCUT2D eigenvalue weighted by atomic mass is 19.1. The van der Waals surface area contributed by atoms with E-state index in [1.807, 2.05) is 12.1 Å². The van der Waals surface area contributed by atoms with Crippen LogP contribution in [0.5, 0.6) is 0 Å². The molecule has 0 saturated carbocycles. The first-order chi connectivity index (χ1) is 13.6. The molecule has 1 atom stereocenters. The van der Waals surface area contributed by atoms with Crippen molar-refractivity contribution in [3.8, 4) is 0 Å². The number of ether oxygens (including phenoxy) is 3. The Morgan fingerprint density at radius 2 is 1.64 bits per heavy atom. The second kappa shape index (κ2) is 10.1. The van der Waals surface area contributed by atoms with Crippen LogP contribution in [0, 0.1) is 17.6 Å². The van der Waals surface area contributed by atoms with Crippen LogP contribution in [0.2, 0.25) is 0 Å². The number of halogens is 2. The molecule has 0 aliphatic carbocycles. The standard InChI is InChI=1S/C23H28F2O3/c1-3-4-5-7-16-14-27-23(28-15-16)18-12-10-17(11-13-18)22(26-2)21-19(24)8-6-9-20(21)25/h6,8-13,16,22-23H,3-5,7,14-15H2,1-2H3/t16-,22?,23-. The van der Waals surface area contributed by atoms with Crippen molar-refractivity contribution in [1.82, 2.24) is 0 Å². The van der Waals surface area contributed by atoms with E-state index in [1.165, 1.54) is 44.6 Å². The first-order valence-corrected chi connectivity index (χ1v) is 9.93. The zero-order valence-electron chi connectivity index (χ0n) is 16.5. The highest BCUT2D eigenvalue weighted by Crippen LogP contribution is 2.32. The van der Waals surface area contributed by atoms with Gasteiger partial charge in [0.2, 0.25) is 0 Å². The third kappa shape index (κ3) is 4.96. The number of hydrogen-bond donors (Lipinski definition) is 0. The van der Waals surface area contributed by atoms with Gasteiger partial charge < -0.3 is 14.2 Å². The topological polar surface area (TPSA) is 27.7 Å². The van der Waals surface area contributed by atoms with E-state index in [0.29, 0.717) is 24.7 Å². The van der Waals surface area contributed by atoms with Gasteiger partial charge in [-0.1, -0.05) is 56.5 Å². The quantitative estimate of drug-likeness (QED) is 0.522. The number of hydrogen-bond acceptors (Lipinski definition) is 3. The Morgan fingerprint density at radius 1 is 1.00 bits per heavy atom. The van der Waals surface area contributed by atoms with Crippen LogP contribution in [-0.4, -0.2) is 20.3 Å². The zero-order chi connectivity index (χ0) is 19.9. The minimum atomic E-state index is -0.814. The molecule has 5 heteroatoms. The average Bonchev–Trinajstić information content (AvgIpc) is 2.72. The van der Waals surface area contributed by atoms with Gasteiger partial charge in [0.25, 0.3) is 0 Å². The number of benzene rings is 2. The molecular weight excluding hydrogens is 362 g/mol. The van der Waals surface area contributed by atoms with Crippen molar-refractivity contribution in [3.05, 3.63) is 70.8 Å². The number of unbranched alkanes of at least 4 members (excludes halogenated alkanes) is 2. The predicted octanol–water partition coefficient (Wildman–Crippen LogP) is 5.94. The lowest BCUT2D eigenvalue weighted by Crippen LogP contribution is -2.27. The summed E-state index contributed by atoms with van der Waals surface area (Å²) >= 11 is 0. The minimum Gasteiger partial charge on any atom is -0.372 e. The monoisotopic (exact) mass is 390 g/mol. The molecule has 2 aromatic carbocycles. The molecule has 0 bridgehead atoms. The molecule has 1 unspecified atom stereocenters. The van der Waals surface area contributed by atoms with Gasteiger partial charge >= 0.3 is 0 Å². The van der Waals surface area contributed by atoms with Gasteiger partial charge in [-0.2, -0.15) is 0 Å². The van der Waals surface area contributed by atoms with Crippen LogP contribution in [0.1, 0.15) is 61.7 Å². The SMILES string of the molecule is CCCCC[C@H]1CO[C@H](c2ccc(C(OC)c3c(F)cccc3F)cc2)OC1. The highest BCUT2D eigenvalue weighted by molar-refractivity contribution is 5.34. The van der Waals surface area contributed by atoms with Gasteiger partial charge in [-0.3, -0.25) is 0 Å². The van der Waals surface area contributed by atoms with E-state index in [0.717, 1.165) is 12.0 Å². The highest BCUT2D eigenvalue weighted by Gasteiger charge is 2.25. The summed E-state index contributed by atoms with van der Waals surface area (Å²) in [5.41, 5.74) is 1.47. The molecule has 1 aliphatic heterocycles. The molecule has 0 radical (unpaired) electrons. The summed E-state index contributed by atoms with van der Waals surface area (Å²) in [5, 5.41) is 0. The lowest BCUT2D eigenvalue weighted by molar-refractivity contribution is -0.206. The van der Waals surface area contributed by atoms with Gasteiger partial charge in [0.15, 0.2) is 6.29 Å². The molecule has 0 spiro atoms. The van der Waals surface area contributed by atoms with Crippen molar-refractivity contribution in [2.24, 2.45) is 5.92 Å². The van der Waals surface area contributed by atoms with Crippen LogP contribution in [-0.2, 0) is 14.2 Å². The van der Waals surface area contributed by atoms with E-state index in [1.54, 1.807) is 12.1 Å². The fourth-order valence-corrected chi connectivity index (χ4v) is 3.60. The predicted molar refractivity (Wildman–Crippen MR) is 104 cm³/mol. The summed E-state index contributed by atoms with van der Waals surface area (Å²) in [7, 11) is 1.44. The van der Waals surface area contributed by atoms with Gasteiger partial charge in [0.1, 0.15) is 17.7 Å². The van der Waals surface area contributed by atoms with Gasteiger partial charge in [-0.15, -0.1) is 0 Å². The molecule has 0 N–H and O–H groups in total. The Bertz CT molecular complexity index is 720. The smallest absolute Gasteiger partial charge is 0.183 e. The van der Waals surface area contributed by atoms with Crippen LogP contribution in [0.15, 0.2) is 42.5 Å². The fraction of sp³-hybridized carbons (Fsp3) is 0.478. The second-order valence-electron chi connectivity index (χ2n) is 7.28. The zero-order valence-corrected chi connectivity index (χ0v) is 16.5. The van der Waals surface area contributed by atoms with Gasteiger partial charge in [0, 0.05) is 18.6 Å². The lowest BCUT2D eigenvalue weighted by Gasteiger charge is -2.30. The van der Waals surface area contributed by atoms with Gasteiger partial charge in [-0.25, -0.2) is 8.78 Å². The minimum absolute atomic E-state index is 0.0853. The first-order valence-electron chi connectivity index (χ1n) is 9.93. The summed E-state index contributed by atoms with van der Waals surface area (Å²) in [6, 6.07) is 11.1. The Morgan fingerprint density at radius 3 is 2.21 bits per heavy atom. The summed E-state index contributed by atoms with van der Waals surface area (Å²) in [5.74, 6) is -0.794. The Hall–Kier alpha value is -1.82. The van der Waals surface area contributed by atoms with Crippen molar-refractivity contribution in [2.45, 2.75) is 45.0 Å². The second-order valence-corrected chi connectivity index (χ2v) is 7.28. The van der Waals surface area contributed by atoms with Crippen molar-refractivity contribution in [1.29, 1.82) is 0 Å². The maximum Gasteiger partial charge on any atom is 0.183 e. The molecule has 152 valence electrons. The summed E-state index contributed by atoms with van der Waals surface area (Å²) in [6.07, 6.45) is 3.57. The van der Waals surface area contributed by atoms with E-state index in [-0.39, 0.29) is 5.56 Å². The fourth-order valence-electron chi connectivity index (χ4n) is 3.60. The van der Waals surface area contributed by atoms with E-state index >= 15 is 0 Å². The number of methoxy groups -OCH3 is 1. The third-order valence-electron chi connectivity index (χ3n) is 5.19. The van der Waals surface area contributed by atoms with Crippen molar-refractivity contribution >= 4 is 0 Å². The summed E-state index contributed by atoms with van der Waals surface area (Å²) in [4.78, 5) is 0. The maximum atomic E-state index is 14.1. The van der Waals surface area contributed by atoms with E-state index in [2.05, 4.69) is 6.92 Å². The van der Waals surface area contributed by atoms with Gasteiger partial charge in [-0.05, 0) is 24.1 Å². The van der Waals surface area contributed by atoms with Crippen molar-refractivity contribution in [2.75, 3.05) is 20.3 Å². The molecule has 28 heavy (non-hydrogen) atoms. The molecule has 3 nitrogen and oxygen atoms in total. The Labute approximate surface area is 165 Å². The van der Waals surface area contributed by atoms with Crippen LogP contribution in [0.3, 0.4) is 0 Å². The average molecular weight is 390 g/mol. The maximum absolute atomic E-state index is 14.1. The van der Waals surface area contributed by atoms with E-state index in [4.69, 9.17) is 14.2 Å². The van der Waals surface area contributed by atoms with Crippen LogP contribution >= 0.6 is 0 Å². The Kier molecular flexibility index (Phi) is 7.54. The normalized spacial score (nSPS) is 20.9. The van der Waals surface area contributed by atoms with Crippen LogP contribution in [0.25, 0.3) is 0 Å². The van der Waals surface area contributed by atoms with E-state index < -0.39 is 24.0 Å². The largest absolute Gasteiger partial charge is 0.372 e. The molecule has 0 amide bonds. The molecule has 0 aromatic heterocycles. The van der Waals surface area contributed by atoms with Crippen LogP contribution in [0.4, 0.5) is 8.78 Å². The van der Waals surface area contributed by atoms with E-state index in [9.17, 15) is 8.78 Å². The summed E-state index contributed by atoms with van der Waals surface area (Å²) < 4.78 is 45.4. The molecule has 1 aliphatic rings. The van der Waals surface area contributed by atoms with Crippen molar-refractivity contribution < 1.29 is 23.0 Å². The lowest BCUT2D eigenvalue weighted by atomic mass is 9.98. The Balaban J connectivity index is 1.65. The first kappa shape index (κ1) is 20.9. The van der Waals surface area contributed by atoms with Crippen LogP contribution < -0.4 is 0 Å².